The molecule has 11 N–H and O–H groups in total. The molecule has 21 nitrogen and oxygen atoms in total. The summed E-state index contributed by atoms with van der Waals surface area (Å²) >= 11 is 0. The number of Topliss-reactive ketones (excluding diaryl/α,β-unsaturated/α-hetero) is 1. The number of allylic oxidation sites excluding steroid dienone is 1. The molecule has 91 heavy (non-hydrogen) atoms. The standard InChI is InChI=1S/C68H82N8O13S2/c1-42(77)59-64(84)74-57(65(85)86)41-91-90-40-56(73-62(82)54(37-43-18-8-5-9-19-43)75-66(87)69-35-33-52(45-20-10-6-11-21-45)46-22-12-7-13-23-46)58(79)39-49(36-44-27-31-50(78)32-28-44)60(80)72-55(38-48-30-29-47-24-14-15-25-51(47)48)63(83)71-53(61(81)76-59)26-16-17-34-70-67(88)89-68(2,3)4/h5-15,18-25,27-28,30-32,42,49,52-57,59,77-78H,16-17,26,29,33-41H2,1-4H3,(H,70,88)(H,71,83)(H,72,80)(H,73,82)(H,74,84)(H,76,81)(H,85,86)(H2,69,75,87)/t42-,49-,53+,54-,55-,56+,57+,59+/m1/s1. The molecule has 484 valence electrons. The van der Waals surface area contributed by atoms with Gasteiger partial charge in [0.15, 0.2) is 5.78 Å². The highest BCUT2D eigenvalue weighted by Crippen LogP contribution is 2.32. The number of aliphatic carboxylic acids is 1. The number of ketones is 1. The molecule has 7 rings (SSSR count). The van der Waals surface area contributed by atoms with Crippen LogP contribution in [0.4, 0.5) is 9.59 Å². The second-order valence-electron chi connectivity index (χ2n) is 23.6. The van der Waals surface area contributed by atoms with Gasteiger partial charge in [0.2, 0.25) is 29.5 Å². The van der Waals surface area contributed by atoms with Crippen molar-refractivity contribution in [1.29, 1.82) is 0 Å². The van der Waals surface area contributed by atoms with Crippen molar-refractivity contribution in [3.05, 3.63) is 179 Å². The number of phenolic OH excluding ortho intramolecular Hbond substituents is 1. The van der Waals surface area contributed by atoms with Crippen LogP contribution < -0.4 is 42.5 Å². The normalized spacial score (nSPS) is 20.2. The van der Waals surface area contributed by atoms with Crippen molar-refractivity contribution in [2.75, 3.05) is 24.6 Å². The lowest BCUT2D eigenvalue weighted by Crippen LogP contribution is -2.60. The molecular formula is C68H82N8O13S2. The zero-order valence-electron chi connectivity index (χ0n) is 51.5. The fourth-order valence-electron chi connectivity index (χ4n) is 10.7. The molecule has 23 heteroatoms. The Balaban J connectivity index is 1.20. The molecule has 0 spiro atoms. The van der Waals surface area contributed by atoms with Crippen LogP contribution in [-0.4, -0.2) is 141 Å². The summed E-state index contributed by atoms with van der Waals surface area (Å²) in [5.41, 5.74) is 5.06. The number of aromatic hydroxyl groups is 1. The number of nitrogens with one attached hydrogen (secondary N) is 8. The Bertz CT molecular complexity index is 3280. The third kappa shape index (κ3) is 22.3. The number of carbonyl (C=O) groups is 9. The van der Waals surface area contributed by atoms with Crippen LogP contribution in [0.5, 0.6) is 5.75 Å². The lowest BCUT2D eigenvalue weighted by Gasteiger charge is -2.28. The molecule has 8 atom stereocenters. The van der Waals surface area contributed by atoms with Crippen LogP contribution >= 0.6 is 21.6 Å². The summed E-state index contributed by atoms with van der Waals surface area (Å²) in [5, 5.41) is 53.5. The molecule has 0 saturated carbocycles. The number of fused-ring (bicyclic) bond motifs is 1. The summed E-state index contributed by atoms with van der Waals surface area (Å²) in [4.78, 5) is 128. The first-order chi connectivity index (χ1) is 43.6. The van der Waals surface area contributed by atoms with Crippen LogP contribution in [0.15, 0.2) is 146 Å². The Morgan fingerprint density at radius 1 is 0.670 bits per heavy atom. The second kappa shape index (κ2) is 34.5. The van der Waals surface area contributed by atoms with E-state index in [1.54, 1.807) is 63.2 Å². The zero-order valence-corrected chi connectivity index (χ0v) is 53.1. The number of hydrogen-bond donors (Lipinski definition) is 11. The molecule has 1 saturated heterocycles. The van der Waals surface area contributed by atoms with E-state index in [1.807, 2.05) is 91.0 Å². The minimum absolute atomic E-state index is 0.00411. The first kappa shape index (κ1) is 69.8. The number of amides is 8. The van der Waals surface area contributed by atoms with Gasteiger partial charge < -0.3 is 62.6 Å². The highest BCUT2D eigenvalue weighted by Gasteiger charge is 2.37. The summed E-state index contributed by atoms with van der Waals surface area (Å²) in [6, 6.07) is 32.7. The molecule has 2 aliphatic rings. The molecule has 1 heterocycles. The maximum Gasteiger partial charge on any atom is 0.407 e. The van der Waals surface area contributed by atoms with Gasteiger partial charge in [-0.15, -0.1) is 0 Å². The topological polar surface area (TPSA) is 320 Å². The average molecular weight is 1280 g/mol. The van der Waals surface area contributed by atoms with E-state index in [-0.39, 0.29) is 68.4 Å². The van der Waals surface area contributed by atoms with E-state index >= 15 is 14.4 Å². The van der Waals surface area contributed by atoms with Crippen molar-refractivity contribution in [1.82, 2.24) is 42.5 Å². The minimum Gasteiger partial charge on any atom is -0.508 e. The van der Waals surface area contributed by atoms with Gasteiger partial charge in [-0.1, -0.05) is 155 Å². The number of carboxylic acids is 1. The fraction of sp³-hybridized carbons (Fsp3) is 0.397. The van der Waals surface area contributed by atoms with Gasteiger partial charge >= 0.3 is 18.1 Å². The van der Waals surface area contributed by atoms with E-state index < -0.39 is 114 Å². The lowest BCUT2D eigenvalue weighted by molar-refractivity contribution is -0.142. The van der Waals surface area contributed by atoms with Crippen molar-refractivity contribution in [2.24, 2.45) is 5.92 Å². The maximum absolute atomic E-state index is 15.2. The first-order valence-corrected chi connectivity index (χ1v) is 33.0. The third-order valence-corrected chi connectivity index (χ3v) is 17.8. The third-order valence-electron chi connectivity index (χ3n) is 15.4. The molecule has 1 aliphatic heterocycles. The van der Waals surface area contributed by atoms with Gasteiger partial charge in [0.25, 0.3) is 0 Å². The Morgan fingerprint density at radius 2 is 1.29 bits per heavy atom. The SMILES string of the molecule is C[C@@H](O)[C@@H]1NC(=O)[C@H](CCCCNC(=O)OC(C)(C)C)NC(=O)[C@@H](CC2=CCc3ccccc32)NC(=O)[C@H](Cc2ccc(O)cc2)CC(=O)[C@@H](NC(=O)[C@@H](Cc2ccccc2)NC(=O)NCCC(c2ccccc2)c2ccccc2)CSSC[C@@H](C(=O)O)NC1=O. The smallest absolute Gasteiger partial charge is 0.407 e. The summed E-state index contributed by atoms with van der Waals surface area (Å²) in [7, 11) is 1.94. The molecule has 8 amide bonds. The van der Waals surface area contributed by atoms with E-state index in [4.69, 9.17) is 4.74 Å². The molecule has 1 aliphatic carbocycles. The van der Waals surface area contributed by atoms with Crippen molar-refractivity contribution < 1.29 is 63.2 Å². The quantitative estimate of drug-likeness (QED) is 0.0271. The Labute approximate surface area is 538 Å². The molecular weight excluding hydrogens is 1200 g/mol. The van der Waals surface area contributed by atoms with E-state index in [1.165, 1.54) is 19.1 Å². The highest BCUT2D eigenvalue weighted by molar-refractivity contribution is 8.76. The largest absolute Gasteiger partial charge is 0.508 e. The summed E-state index contributed by atoms with van der Waals surface area (Å²) in [6.45, 7) is 6.70. The van der Waals surface area contributed by atoms with Gasteiger partial charge in [0.1, 0.15) is 41.6 Å². The monoisotopic (exact) mass is 1280 g/mol. The number of aliphatic hydroxyl groups is 1. The van der Waals surface area contributed by atoms with Crippen LogP contribution in [0.3, 0.4) is 0 Å². The van der Waals surface area contributed by atoms with Gasteiger partial charge in [0, 0.05) is 55.7 Å². The number of hydrogen-bond acceptors (Lipinski definition) is 14. The van der Waals surface area contributed by atoms with E-state index in [2.05, 4.69) is 42.5 Å². The van der Waals surface area contributed by atoms with Crippen LogP contribution in [0, 0.1) is 5.92 Å². The predicted octanol–water partition coefficient (Wildman–Crippen LogP) is 6.65. The number of benzene rings is 5. The number of ether oxygens (including phenoxy) is 1. The van der Waals surface area contributed by atoms with E-state index in [0.717, 1.165) is 43.8 Å². The fourth-order valence-corrected chi connectivity index (χ4v) is 13.0. The lowest BCUT2D eigenvalue weighted by atomic mass is 9.88. The van der Waals surface area contributed by atoms with Gasteiger partial charge in [-0.05, 0) is 117 Å². The Hall–Kier alpha value is -8.67. The summed E-state index contributed by atoms with van der Waals surface area (Å²) in [6.07, 6.45) is 0.410. The van der Waals surface area contributed by atoms with Crippen LogP contribution in [0.25, 0.3) is 5.57 Å². The van der Waals surface area contributed by atoms with Crippen molar-refractivity contribution >= 4 is 80.6 Å². The highest BCUT2D eigenvalue weighted by atomic mass is 33.1. The van der Waals surface area contributed by atoms with E-state index in [9.17, 15) is 44.1 Å². The number of phenols is 1. The minimum atomic E-state index is -1.74. The zero-order chi connectivity index (χ0) is 65.5. The molecule has 1 fully saturated rings. The number of urea groups is 1. The van der Waals surface area contributed by atoms with Gasteiger partial charge in [-0.3, -0.25) is 28.8 Å². The van der Waals surface area contributed by atoms with Gasteiger partial charge in [-0.25, -0.2) is 14.4 Å². The molecule has 0 unspecified atom stereocenters. The molecule has 5 aromatic rings. The van der Waals surface area contributed by atoms with Gasteiger partial charge in [-0.2, -0.15) is 0 Å². The molecule has 0 bridgehead atoms. The number of aliphatic hydroxyl groups excluding tert-OH is 1. The second-order valence-corrected chi connectivity index (χ2v) is 26.2. The number of unbranched alkanes of at least 4 members (excludes halogenated alkanes) is 1. The summed E-state index contributed by atoms with van der Waals surface area (Å²) < 4.78 is 5.34. The Kier molecular flexibility index (Phi) is 26.5. The number of carbonyl (C=O) groups excluding carboxylic acids is 8. The van der Waals surface area contributed by atoms with Gasteiger partial charge in [0.05, 0.1) is 12.1 Å². The van der Waals surface area contributed by atoms with Crippen LogP contribution in [0.1, 0.15) is 106 Å². The summed E-state index contributed by atoms with van der Waals surface area (Å²) in [5.74, 6) is -8.31. The van der Waals surface area contributed by atoms with Crippen molar-refractivity contribution in [2.45, 2.75) is 139 Å². The average Bonchev–Trinajstić information content (AvgIpc) is 2.09. The Morgan fingerprint density at radius 3 is 1.93 bits per heavy atom. The maximum atomic E-state index is 15.2. The van der Waals surface area contributed by atoms with Crippen molar-refractivity contribution in [3.8, 4) is 5.75 Å². The first-order valence-electron chi connectivity index (χ1n) is 30.5. The number of carboxylic acid groups (broad SMARTS) is 1. The molecule has 0 radical (unpaired) electrons. The predicted molar refractivity (Wildman–Crippen MR) is 349 cm³/mol. The van der Waals surface area contributed by atoms with Crippen LogP contribution in [-0.2, 0) is 57.6 Å². The van der Waals surface area contributed by atoms with Crippen molar-refractivity contribution in [3.63, 3.8) is 0 Å². The number of rotatable bonds is 21. The van der Waals surface area contributed by atoms with Crippen LogP contribution in [0.2, 0.25) is 0 Å². The molecule has 0 aromatic heterocycles. The number of alkyl carbamates (subject to hydrolysis) is 1. The van der Waals surface area contributed by atoms with E-state index in [0.29, 0.717) is 36.0 Å². The molecule has 5 aromatic carbocycles.